The predicted molar refractivity (Wildman–Crippen MR) is 114 cm³/mol. The summed E-state index contributed by atoms with van der Waals surface area (Å²) in [7, 11) is 0. The molecule has 0 radical (unpaired) electrons. The van der Waals surface area contributed by atoms with Gasteiger partial charge in [0.15, 0.2) is 11.0 Å². The third-order valence-corrected chi connectivity index (χ3v) is 6.23. The summed E-state index contributed by atoms with van der Waals surface area (Å²) >= 11 is 4.77. The van der Waals surface area contributed by atoms with Crippen molar-refractivity contribution in [2.24, 2.45) is 16.8 Å². The fraction of sp³-hybridized carbons (Fsp3) is 0.750. The number of hydrogen-bond donors (Lipinski definition) is 3. The average Bonchev–Trinajstić information content (AvgIpc) is 2.98. The number of hydrazone groups is 1. The topological polar surface area (TPSA) is 117 Å². The number of likely N-dealkylation sites (tertiary alicyclic amines) is 1. The molecular formula is C20H31N5O3S. The summed E-state index contributed by atoms with van der Waals surface area (Å²) in [4.78, 5) is 40.6. The van der Waals surface area contributed by atoms with Crippen molar-refractivity contribution in [3.8, 4) is 0 Å². The van der Waals surface area contributed by atoms with E-state index in [-0.39, 0.29) is 22.9 Å². The minimum absolute atomic E-state index is 0.0321. The van der Waals surface area contributed by atoms with Gasteiger partial charge >= 0.3 is 0 Å². The van der Waals surface area contributed by atoms with Gasteiger partial charge in [0.2, 0.25) is 11.8 Å². The van der Waals surface area contributed by atoms with E-state index in [0.29, 0.717) is 0 Å². The molecule has 2 saturated carbocycles. The molecule has 9 heteroatoms. The number of nitrogens with zero attached hydrogens (tertiary/aromatic N) is 2. The number of amides is 3. The third-order valence-electron chi connectivity index (χ3n) is 6.14. The van der Waals surface area contributed by atoms with Gasteiger partial charge in [-0.3, -0.25) is 24.7 Å². The molecule has 8 nitrogen and oxygen atoms in total. The first-order valence-electron chi connectivity index (χ1n) is 10.8. The molecule has 1 atom stereocenters. The van der Waals surface area contributed by atoms with Crippen LogP contribution < -0.4 is 16.5 Å². The van der Waals surface area contributed by atoms with Crippen LogP contribution in [0.5, 0.6) is 0 Å². The van der Waals surface area contributed by atoms with Gasteiger partial charge in [-0.1, -0.05) is 51.4 Å². The normalized spacial score (nSPS) is 26.3. The summed E-state index contributed by atoms with van der Waals surface area (Å²) in [6.45, 7) is 0. The van der Waals surface area contributed by atoms with E-state index in [1.165, 1.54) is 4.90 Å². The molecule has 1 aliphatic heterocycles. The highest BCUT2D eigenvalue weighted by Crippen LogP contribution is 2.29. The Labute approximate surface area is 177 Å². The van der Waals surface area contributed by atoms with Crippen molar-refractivity contribution < 1.29 is 14.4 Å². The lowest BCUT2D eigenvalue weighted by molar-refractivity contribution is -0.143. The SMILES string of the molecule is NC(=S)N/N=C1/C(=O)N(C2CCCCCC2)C(=O)C1C(=O)NC1CCCCCC1. The van der Waals surface area contributed by atoms with Crippen molar-refractivity contribution in [3.05, 3.63) is 0 Å². The summed E-state index contributed by atoms with van der Waals surface area (Å²) in [5.41, 5.74) is 7.72. The Morgan fingerprint density at radius 3 is 2.07 bits per heavy atom. The molecule has 0 spiro atoms. The van der Waals surface area contributed by atoms with Crippen LogP contribution in [0, 0.1) is 5.92 Å². The highest BCUT2D eigenvalue weighted by atomic mass is 32.1. The van der Waals surface area contributed by atoms with Gasteiger partial charge in [-0.25, -0.2) is 0 Å². The highest BCUT2D eigenvalue weighted by Gasteiger charge is 2.51. The largest absolute Gasteiger partial charge is 0.375 e. The van der Waals surface area contributed by atoms with Gasteiger partial charge in [-0.2, -0.15) is 5.10 Å². The van der Waals surface area contributed by atoms with Crippen molar-refractivity contribution in [1.29, 1.82) is 0 Å². The van der Waals surface area contributed by atoms with E-state index < -0.39 is 23.6 Å². The van der Waals surface area contributed by atoms with E-state index >= 15 is 0 Å². The Kier molecular flexibility index (Phi) is 7.57. The summed E-state index contributed by atoms with van der Waals surface area (Å²) in [5.74, 6) is -2.67. The molecule has 1 unspecified atom stereocenters. The number of imide groups is 1. The molecule has 1 heterocycles. The first-order valence-corrected chi connectivity index (χ1v) is 11.2. The smallest absolute Gasteiger partial charge is 0.278 e. The first-order chi connectivity index (χ1) is 14.0. The Balaban J connectivity index is 1.81. The second-order valence-electron chi connectivity index (χ2n) is 8.26. The maximum atomic E-state index is 13.2. The van der Waals surface area contributed by atoms with Crippen LogP contribution >= 0.6 is 12.2 Å². The van der Waals surface area contributed by atoms with E-state index in [2.05, 4.69) is 15.8 Å². The number of hydrogen-bond acceptors (Lipinski definition) is 5. The fourth-order valence-corrected chi connectivity index (χ4v) is 4.68. The molecule has 3 rings (SSSR count). The molecule has 160 valence electrons. The van der Waals surface area contributed by atoms with Gasteiger partial charge in [0.1, 0.15) is 5.71 Å². The maximum Gasteiger partial charge on any atom is 0.278 e. The number of nitrogens with two attached hydrogens (primary N) is 1. The zero-order valence-electron chi connectivity index (χ0n) is 16.8. The van der Waals surface area contributed by atoms with E-state index in [4.69, 9.17) is 18.0 Å². The lowest BCUT2D eigenvalue weighted by Gasteiger charge is -2.25. The van der Waals surface area contributed by atoms with Crippen LogP contribution in [-0.4, -0.2) is 45.5 Å². The van der Waals surface area contributed by atoms with E-state index in [1.54, 1.807) is 0 Å². The van der Waals surface area contributed by atoms with Crippen molar-refractivity contribution in [3.63, 3.8) is 0 Å². The molecule has 0 bridgehead atoms. The number of nitrogens with one attached hydrogen (secondary N) is 2. The number of carbonyl (C=O) groups is 3. The molecule has 3 aliphatic rings. The molecule has 2 aliphatic carbocycles. The Morgan fingerprint density at radius 2 is 1.52 bits per heavy atom. The van der Waals surface area contributed by atoms with Crippen LogP contribution in [0.4, 0.5) is 0 Å². The van der Waals surface area contributed by atoms with Crippen LogP contribution in [0.1, 0.15) is 77.0 Å². The van der Waals surface area contributed by atoms with Gasteiger partial charge in [0.05, 0.1) is 0 Å². The molecule has 4 N–H and O–H groups in total. The van der Waals surface area contributed by atoms with Gasteiger partial charge in [-0.05, 0) is 37.9 Å². The van der Waals surface area contributed by atoms with E-state index in [9.17, 15) is 14.4 Å². The average molecular weight is 422 g/mol. The fourth-order valence-electron chi connectivity index (χ4n) is 4.64. The standard InChI is InChI=1S/C20H31N5O3S/c21-20(29)24-23-16-15(17(26)22-13-9-5-1-2-6-10-13)18(27)25(19(16)28)14-11-7-3-4-8-12-14/h13-15H,1-12H2,(H,22,26)(H3,21,24,29)/b23-16+. The van der Waals surface area contributed by atoms with E-state index in [1.807, 2.05) is 0 Å². The summed E-state index contributed by atoms with van der Waals surface area (Å²) in [6, 6.07) is -0.146. The zero-order valence-corrected chi connectivity index (χ0v) is 17.6. The summed E-state index contributed by atoms with van der Waals surface area (Å²) < 4.78 is 0. The maximum absolute atomic E-state index is 13.2. The van der Waals surface area contributed by atoms with Crippen LogP contribution in [0.25, 0.3) is 0 Å². The van der Waals surface area contributed by atoms with Crippen LogP contribution in [0.15, 0.2) is 5.10 Å². The second-order valence-corrected chi connectivity index (χ2v) is 8.70. The summed E-state index contributed by atoms with van der Waals surface area (Å²) in [5, 5.41) is 6.84. The van der Waals surface area contributed by atoms with Crippen molar-refractivity contribution in [2.45, 2.75) is 89.1 Å². The second kappa shape index (κ2) is 10.1. The lowest BCUT2D eigenvalue weighted by atomic mass is 10.0. The quantitative estimate of drug-likeness (QED) is 0.209. The van der Waals surface area contributed by atoms with Gasteiger partial charge in [-0.15, -0.1) is 0 Å². The Hall–Kier alpha value is -2.03. The number of rotatable bonds is 4. The van der Waals surface area contributed by atoms with Gasteiger partial charge in [0.25, 0.3) is 5.91 Å². The molecule has 1 saturated heterocycles. The summed E-state index contributed by atoms with van der Waals surface area (Å²) in [6.07, 6.45) is 11.9. The van der Waals surface area contributed by atoms with Crippen molar-refractivity contribution >= 4 is 40.8 Å². The van der Waals surface area contributed by atoms with Gasteiger partial charge < -0.3 is 11.1 Å². The minimum atomic E-state index is -1.24. The molecule has 3 amide bonds. The minimum Gasteiger partial charge on any atom is -0.375 e. The van der Waals surface area contributed by atoms with Crippen molar-refractivity contribution in [2.75, 3.05) is 0 Å². The zero-order chi connectivity index (χ0) is 20.8. The monoisotopic (exact) mass is 421 g/mol. The third kappa shape index (κ3) is 5.32. The van der Waals surface area contributed by atoms with Gasteiger partial charge in [0, 0.05) is 12.1 Å². The molecular weight excluding hydrogens is 390 g/mol. The molecule has 0 aromatic rings. The Morgan fingerprint density at radius 1 is 0.966 bits per heavy atom. The molecule has 0 aromatic heterocycles. The predicted octanol–water partition coefficient (Wildman–Crippen LogP) is 1.72. The van der Waals surface area contributed by atoms with Crippen LogP contribution in [0.2, 0.25) is 0 Å². The number of carbonyl (C=O) groups excluding carboxylic acids is 3. The molecule has 29 heavy (non-hydrogen) atoms. The highest BCUT2D eigenvalue weighted by molar-refractivity contribution is 7.80. The van der Waals surface area contributed by atoms with Crippen LogP contribution in [0.3, 0.4) is 0 Å². The molecule has 0 aromatic carbocycles. The Bertz CT molecular complexity index is 680. The number of thiocarbonyl (C=S) groups is 1. The lowest BCUT2D eigenvalue weighted by Crippen LogP contribution is -2.45. The van der Waals surface area contributed by atoms with Crippen molar-refractivity contribution in [1.82, 2.24) is 15.6 Å². The molecule has 3 fully saturated rings. The van der Waals surface area contributed by atoms with Crippen LogP contribution in [-0.2, 0) is 14.4 Å². The van der Waals surface area contributed by atoms with E-state index in [0.717, 1.165) is 77.0 Å². The first kappa shape index (κ1) is 21.7.